The summed E-state index contributed by atoms with van der Waals surface area (Å²) in [5, 5.41) is 12.5. The predicted molar refractivity (Wildman–Crippen MR) is 72.5 cm³/mol. The first-order valence-electron chi connectivity index (χ1n) is 5.62. The molecule has 0 aliphatic rings. The number of aryl methyl sites for hydroxylation is 1. The Balaban J connectivity index is 2.69. The maximum atomic E-state index is 13.7. The summed E-state index contributed by atoms with van der Waals surface area (Å²) in [4.78, 5) is 11.8. The quantitative estimate of drug-likeness (QED) is 0.861. The second kappa shape index (κ2) is 6.20. The largest absolute Gasteiger partial charge is 0.387 e. The van der Waals surface area contributed by atoms with Gasteiger partial charge in [-0.3, -0.25) is 4.79 Å². The number of carbonyl (C=O) groups excluding carboxylic acids is 1. The molecule has 1 unspecified atom stereocenters. The lowest BCUT2D eigenvalue weighted by molar-refractivity contribution is 0.0722. The molecule has 1 rings (SSSR count). The van der Waals surface area contributed by atoms with E-state index in [0.717, 1.165) is 0 Å². The maximum absolute atomic E-state index is 13.7. The number of halogens is 1. The lowest BCUT2D eigenvalue weighted by atomic mass is 10.1. The van der Waals surface area contributed by atoms with Crippen molar-refractivity contribution in [2.45, 2.75) is 19.4 Å². The van der Waals surface area contributed by atoms with Crippen molar-refractivity contribution in [2.24, 2.45) is 0 Å². The number of hydrogen-bond acceptors (Lipinski definition) is 3. The van der Waals surface area contributed by atoms with E-state index in [1.165, 1.54) is 17.8 Å². The van der Waals surface area contributed by atoms with Crippen molar-refractivity contribution in [3.63, 3.8) is 0 Å². The normalized spacial score (nSPS) is 14.1. The Morgan fingerprint density at radius 2 is 2.22 bits per heavy atom. The summed E-state index contributed by atoms with van der Waals surface area (Å²) < 4.78 is 13.7. The molecule has 0 bridgehead atoms. The van der Waals surface area contributed by atoms with Gasteiger partial charge in [0.1, 0.15) is 5.82 Å². The van der Waals surface area contributed by atoms with Crippen molar-refractivity contribution in [1.82, 2.24) is 5.32 Å². The van der Waals surface area contributed by atoms with Gasteiger partial charge in [-0.25, -0.2) is 4.39 Å². The molecule has 5 heteroatoms. The SMILES string of the molecule is CSCC(C)(O)CNC(=O)c1cccc(C)c1F. The molecule has 0 aliphatic carbocycles. The van der Waals surface area contributed by atoms with Gasteiger partial charge in [-0.2, -0.15) is 11.8 Å². The molecule has 1 atom stereocenters. The average molecular weight is 271 g/mol. The summed E-state index contributed by atoms with van der Waals surface area (Å²) in [6, 6.07) is 4.67. The Labute approximate surface area is 111 Å². The first-order chi connectivity index (χ1) is 8.37. The Bertz CT molecular complexity index is 435. The number of nitrogens with one attached hydrogen (secondary N) is 1. The maximum Gasteiger partial charge on any atom is 0.254 e. The van der Waals surface area contributed by atoms with Crippen LogP contribution in [0, 0.1) is 12.7 Å². The minimum atomic E-state index is -0.991. The van der Waals surface area contributed by atoms with E-state index >= 15 is 0 Å². The molecule has 1 aromatic rings. The first kappa shape index (κ1) is 15.0. The van der Waals surface area contributed by atoms with E-state index in [1.807, 2.05) is 6.26 Å². The number of aliphatic hydroxyl groups is 1. The summed E-state index contributed by atoms with van der Waals surface area (Å²) >= 11 is 1.49. The number of rotatable bonds is 5. The van der Waals surface area contributed by atoms with Crippen LogP contribution in [0.2, 0.25) is 0 Å². The summed E-state index contributed by atoms with van der Waals surface area (Å²) in [7, 11) is 0. The number of hydrogen-bond donors (Lipinski definition) is 2. The molecule has 2 N–H and O–H groups in total. The highest BCUT2D eigenvalue weighted by Crippen LogP contribution is 2.13. The molecule has 0 saturated heterocycles. The minimum absolute atomic E-state index is 0.00921. The molecule has 1 aromatic carbocycles. The second-order valence-electron chi connectivity index (χ2n) is 4.55. The summed E-state index contributed by atoms with van der Waals surface area (Å²) in [5.74, 6) is -0.513. The lowest BCUT2D eigenvalue weighted by Gasteiger charge is -2.22. The molecule has 0 aliphatic heterocycles. The summed E-state index contributed by atoms with van der Waals surface area (Å²) in [6.45, 7) is 3.34. The van der Waals surface area contributed by atoms with Gasteiger partial charge in [0.2, 0.25) is 0 Å². The van der Waals surface area contributed by atoms with Gasteiger partial charge in [-0.05, 0) is 31.7 Å². The average Bonchev–Trinajstić information content (AvgIpc) is 2.30. The number of benzene rings is 1. The highest BCUT2D eigenvalue weighted by atomic mass is 32.2. The van der Waals surface area contributed by atoms with Crippen LogP contribution in [0.4, 0.5) is 4.39 Å². The monoisotopic (exact) mass is 271 g/mol. The van der Waals surface area contributed by atoms with E-state index in [0.29, 0.717) is 11.3 Å². The topological polar surface area (TPSA) is 49.3 Å². The zero-order valence-corrected chi connectivity index (χ0v) is 11.6. The molecule has 100 valence electrons. The second-order valence-corrected chi connectivity index (χ2v) is 5.42. The number of carbonyl (C=O) groups is 1. The van der Waals surface area contributed by atoms with Crippen LogP contribution in [0.25, 0.3) is 0 Å². The minimum Gasteiger partial charge on any atom is -0.387 e. The fourth-order valence-corrected chi connectivity index (χ4v) is 2.27. The van der Waals surface area contributed by atoms with E-state index < -0.39 is 17.3 Å². The molecular weight excluding hydrogens is 253 g/mol. The molecular formula is C13H18FNO2S. The van der Waals surface area contributed by atoms with Gasteiger partial charge in [0, 0.05) is 12.3 Å². The smallest absolute Gasteiger partial charge is 0.254 e. The highest BCUT2D eigenvalue weighted by Gasteiger charge is 2.21. The zero-order valence-electron chi connectivity index (χ0n) is 10.8. The van der Waals surface area contributed by atoms with Gasteiger partial charge in [-0.1, -0.05) is 12.1 Å². The van der Waals surface area contributed by atoms with Crippen molar-refractivity contribution < 1.29 is 14.3 Å². The van der Waals surface area contributed by atoms with Gasteiger partial charge in [-0.15, -0.1) is 0 Å². The fourth-order valence-electron chi connectivity index (χ4n) is 1.55. The van der Waals surface area contributed by atoms with E-state index in [1.54, 1.807) is 26.0 Å². The predicted octanol–water partition coefficient (Wildman–Crippen LogP) is 1.98. The van der Waals surface area contributed by atoms with Gasteiger partial charge in [0.05, 0.1) is 11.2 Å². The first-order valence-corrected chi connectivity index (χ1v) is 7.01. The molecule has 0 spiro atoms. The molecule has 18 heavy (non-hydrogen) atoms. The van der Waals surface area contributed by atoms with Gasteiger partial charge < -0.3 is 10.4 Å². The van der Waals surface area contributed by atoms with Crippen molar-refractivity contribution in [3.8, 4) is 0 Å². The van der Waals surface area contributed by atoms with Crippen LogP contribution in [-0.2, 0) is 0 Å². The van der Waals surface area contributed by atoms with Gasteiger partial charge in [0.15, 0.2) is 0 Å². The van der Waals surface area contributed by atoms with Crippen LogP contribution in [0.1, 0.15) is 22.8 Å². The van der Waals surface area contributed by atoms with Crippen LogP contribution in [0.15, 0.2) is 18.2 Å². The van der Waals surface area contributed by atoms with Crippen molar-refractivity contribution >= 4 is 17.7 Å². The zero-order chi connectivity index (χ0) is 13.8. The summed E-state index contributed by atoms with van der Waals surface area (Å²) in [6.07, 6.45) is 1.87. The van der Waals surface area contributed by atoms with Crippen LogP contribution < -0.4 is 5.32 Å². The van der Waals surface area contributed by atoms with Gasteiger partial charge >= 0.3 is 0 Å². The molecule has 0 aromatic heterocycles. The molecule has 3 nitrogen and oxygen atoms in total. The molecule has 0 radical (unpaired) electrons. The fraction of sp³-hybridized carbons (Fsp3) is 0.462. The van der Waals surface area contributed by atoms with Crippen LogP contribution in [-0.4, -0.2) is 35.2 Å². The molecule has 0 heterocycles. The number of amides is 1. The van der Waals surface area contributed by atoms with Crippen LogP contribution in [0.3, 0.4) is 0 Å². The Hall–Kier alpha value is -1.07. The van der Waals surface area contributed by atoms with E-state index in [-0.39, 0.29) is 12.1 Å². The van der Waals surface area contributed by atoms with Crippen molar-refractivity contribution in [1.29, 1.82) is 0 Å². The third-order valence-electron chi connectivity index (χ3n) is 2.52. The number of thioether (sulfide) groups is 1. The Morgan fingerprint density at radius 3 is 2.83 bits per heavy atom. The molecule has 1 amide bonds. The third kappa shape index (κ3) is 3.99. The Kier molecular flexibility index (Phi) is 5.16. The standard InChI is InChI=1S/C13H18FNO2S/c1-9-5-4-6-10(11(9)14)12(16)15-7-13(2,17)8-18-3/h4-6,17H,7-8H2,1-3H3,(H,15,16). The van der Waals surface area contributed by atoms with Crippen molar-refractivity contribution in [2.75, 3.05) is 18.6 Å². The lowest BCUT2D eigenvalue weighted by Crippen LogP contribution is -2.42. The van der Waals surface area contributed by atoms with Crippen LogP contribution in [0.5, 0.6) is 0 Å². The summed E-state index contributed by atoms with van der Waals surface area (Å²) in [5.41, 5.74) is -0.552. The highest BCUT2D eigenvalue weighted by molar-refractivity contribution is 7.98. The van der Waals surface area contributed by atoms with Gasteiger partial charge in [0.25, 0.3) is 5.91 Å². The van der Waals surface area contributed by atoms with E-state index in [2.05, 4.69) is 5.32 Å². The van der Waals surface area contributed by atoms with E-state index in [4.69, 9.17) is 0 Å². The van der Waals surface area contributed by atoms with Crippen molar-refractivity contribution in [3.05, 3.63) is 35.1 Å². The molecule has 0 saturated carbocycles. The molecule has 0 fully saturated rings. The van der Waals surface area contributed by atoms with Crippen LogP contribution >= 0.6 is 11.8 Å². The third-order valence-corrected chi connectivity index (χ3v) is 3.43. The Morgan fingerprint density at radius 1 is 1.56 bits per heavy atom. The van der Waals surface area contributed by atoms with E-state index in [9.17, 15) is 14.3 Å².